The Balaban J connectivity index is 2.26. The van der Waals surface area contributed by atoms with Gasteiger partial charge in [0.05, 0.1) is 0 Å². The predicted octanol–water partition coefficient (Wildman–Crippen LogP) is 3.29. The molecule has 0 aliphatic carbocycles. The Morgan fingerprint density at radius 1 is 1.47 bits per heavy atom. The Morgan fingerprint density at radius 2 is 2.24 bits per heavy atom. The Morgan fingerprint density at radius 3 is 2.88 bits per heavy atom. The molecule has 0 fully saturated rings. The molecule has 0 saturated carbocycles. The van der Waals surface area contributed by atoms with Gasteiger partial charge in [0.25, 0.3) is 5.91 Å². The van der Waals surface area contributed by atoms with Gasteiger partial charge in [0.1, 0.15) is 5.69 Å². The lowest BCUT2D eigenvalue weighted by molar-refractivity contribution is 0.0948. The van der Waals surface area contributed by atoms with E-state index in [9.17, 15) is 4.79 Å². The first-order valence-corrected chi connectivity index (χ1v) is 6.37. The van der Waals surface area contributed by atoms with Gasteiger partial charge in [-0.1, -0.05) is 38.3 Å². The molecule has 4 heteroatoms. The largest absolute Gasteiger partial charge is 0.351 e. The van der Waals surface area contributed by atoms with Crippen LogP contribution in [0, 0.1) is 5.92 Å². The molecule has 1 aromatic heterocycles. The summed E-state index contributed by atoms with van der Waals surface area (Å²) in [5, 5.41) is 3.37. The molecule has 0 radical (unpaired) electrons. The molecule has 0 atom stereocenters. The molecular formula is C13H19ClN2O. The fraction of sp³-hybridized carbons (Fsp3) is 0.538. The van der Waals surface area contributed by atoms with Crippen LogP contribution < -0.4 is 5.32 Å². The number of nitrogens with zero attached hydrogens (tertiary/aromatic N) is 1. The summed E-state index contributed by atoms with van der Waals surface area (Å²) in [6.45, 7) is 5.10. The maximum absolute atomic E-state index is 11.7. The molecule has 1 N–H and O–H groups in total. The molecule has 1 aromatic rings. The maximum Gasteiger partial charge on any atom is 0.269 e. The number of carbonyl (C=O) groups is 1. The SMILES string of the molecule is CC(C)CCCCNC(=O)c1cc(Cl)ccn1. The van der Waals surface area contributed by atoms with Gasteiger partial charge in [-0.3, -0.25) is 9.78 Å². The first kappa shape index (κ1) is 14.0. The molecule has 0 bridgehead atoms. The van der Waals surface area contributed by atoms with E-state index < -0.39 is 0 Å². The number of hydrogen-bond donors (Lipinski definition) is 1. The monoisotopic (exact) mass is 254 g/mol. The normalized spacial score (nSPS) is 10.6. The second-order valence-corrected chi connectivity index (χ2v) is 4.94. The van der Waals surface area contributed by atoms with E-state index >= 15 is 0 Å². The van der Waals surface area contributed by atoms with E-state index in [1.54, 1.807) is 12.1 Å². The highest BCUT2D eigenvalue weighted by Crippen LogP contribution is 2.08. The van der Waals surface area contributed by atoms with Crippen molar-refractivity contribution in [3.8, 4) is 0 Å². The van der Waals surface area contributed by atoms with Crippen LogP contribution in [0.3, 0.4) is 0 Å². The molecule has 0 aliphatic heterocycles. The highest BCUT2D eigenvalue weighted by molar-refractivity contribution is 6.30. The van der Waals surface area contributed by atoms with Crippen molar-refractivity contribution in [1.29, 1.82) is 0 Å². The minimum Gasteiger partial charge on any atom is -0.351 e. The van der Waals surface area contributed by atoms with Crippen molar-refractivity contribution < 1.29 is 4.79 Å². The van der Waals surface area contributed by atoms with Crippen molar-refractivity contribution in [2.45, 2.75) is 33.1 Å². The Labute approximate surface area is 108 Å². The highest BCUT2D eigenvalue weighted by atomic mass is 35.5. The van der Waals surface area contributed by atoms with Crippen molar-refractivity contribution in [2.75, 3.05) is 6.54 Å². The topological polar surface area (TPSA) is 42.0 Å². The van der Waals surface area contributed by atoms with Gasteiger partial charge in [0.15, 0.2) is 0 Å². The van der Waals surface area contributed by atoms with Gasteiger partial charge in [0.2, 0.25) is 0 Å². The lowest BCUT2D eigenvalue weighted by atomic mass is 10.1. The number of carbonyl (C=O) groups excluding carboxylic acids is 1. The summed E-state index contributed by atoms with van der Waals surface area (Å²) >= 11 is 5.79. The van der Waals surface area contributed by atoms with Gasteiger partial charge in [-0.2, -0.15) is 0 Å². The molecule has 17 heavy (non-hydrogen) atoms. The second-order valence-electron chi connectivity index (χ2n) is 4.50. The van der Waals surface area contributed by atoms with Crippen molar-refractivity contribution in [3.05, 3.63) is 29.0 Å². The summed E-state index contributed by atoms with van der Waals surface area (Å²) in [5.74, 6) is 0.567. The van der Waals surface area contributed by atoms with Crippen LogP contribution >= 0.6 is 11.6 Å². The van der Waals surface area contributed by atoms with Crippen LogP contribution in [0.15, 0.2) is 18.3 Å². The zero-order valence-electron chi connectivity index (χ0n) is 10.4. The van der Waals surface area contributed by atoms with Crippen LogP contribution in [-0.4, -0.2) is 17.4 Å². The van der Waals surface area contributed by atoms with E-state index in [0.717, 1.165) is 18.8 Å². The number of rotatable bonds is 6. The lowest BCUT2D eigenvalue weighted by Gasteiger charge is -2.06. The standard InChI is InChI=1S/C13H19ClN2O/c1-10(2)5-3-4-7-16-13(17)12-9-11(14)6-8-15-12/h6,8-10H,3-5,7H2,1-2H3,(H,16,17). The molecule has 0 unspecified atom stereocenters. The third kappa shape index (κ3) is 5.68. The van der Waals surface area contributed by atoms with Gasteiger partial charge < -0.3 is 5.32 Å². The fourth-order valence-corrected chi connectivity index (χ4v) is 1.66. The van der Waals surface area contributed by atoms with E-state index in [4.69, 9.17) is 11.6 Å². The first-order chi connectivity index (χ1) is 8.09. The second kappa shape index (κ2) is 7.28. The van der Waals surface area contributed by atoms with E-state index in [0.29, 0.717) is 17.3 Å². The lowest BCUT2D eigenvalue weighted by Crippen LogP contribution is -2.25. The molecule has 1 rings (SSSR count). The summed E-state index contributed by atoms with van der Waals surface area (Å²) in [4.78, 5) is 15.6. The van der Waals surface area contributed by atoms with Crippen LogP contribution in [0.25, 0.3) is 0 Å². The van der Waals surface area contributed by atoms with Gasteiger partial charge in [-0.05, 0) is 24.5 Å². The highest BCUT2D eigenvalue weighted by Gasteiger charge is 2.06. The minimum atomic E-state index is -0.156. The molecule has 3 nitrogen and oxygen atoms in total. The Hall–Kier alpha value is -1.09. The Kier molecular flexibility index (Phi) is 5.98. The van der Waals surface area contributed by atoms with Crippen molar-refractivity contribution in [2.24, 2.45) is 5.92 Å². The number of halogens is 1. The number of aromatic nitrogens is 1. The van der Waals surface area contributed by atoms with Crippen molar-refractivity contribution in [1.82, 2.24) is 10.3 Å². The average molecular weight is 255 g/mol. The third-order valence-corrected chi connectivity index (χ3v) is 2.68. The third-order valence-electron chi connectivity index (χ3n) is 2.45. The Bertz CT molecular complexity index is 366. The minimum absolute atomic E-state index is 0.156. The number of amides is 1. The molecule has 0 aromatic carbocycles. The molecule has 94 valence electrons. The number of hydrogen-bond acceptors (Lipinski definition) is 2. The van der Waals surface area contributed by atoms with E-state index in [1.807, 2.05) is 0 Å². The van der Waals surface area contributed by atoms with E-state index in [1.165, 1.54) is 12.6 Å². The van der Waals surface area contributed by atoms with Crippen LogP contribution in [0.5, 0.6) is 0 Å². The van der Waals surface area contributed by atoms with Crippen molar-refractivity contribution >= 4 is 17.5 Å². The zero-order chi connectivity index (χ0) is 12.7. The van der Waals surface area contributed by atoms with Crippen LogP contribution in [0.1, 0.15) is 43.6 Å². The summed E-state index contributed by atoms with van der Waals surface area (Å²) in [7, 11) is 0. The molecule has 1 heterocycles. The summed E-state index contributed by atoms with van der Waals surface area (Å²) in [6, 6.07) is 3.23. The van der Waals surface area contributed by atoms with Crippen LogP contribution in [0.2, 0.25) is 5.02 Å². The average Bonchev–Trinajstić information content (AvgIpc) is 2.28. The molecule has 1 amide bonds. The molecule has 0 saturated heterocycles. The molecule has 0 spiro atoms. The van der Waals surface area contributed by atoms with Gasteiger partial charge in [0, 0.05) is 17.8 Å². The maximum atomic E-state index is 11.7. The first-order valence-electron chi connectivity index (χ1n) is 5.99. The van der Waals surface area contributed by atoms with Gasteiger partial charge in [-0.15, -0.1) is 0 Å². The van der Waals surface area contributed by atoms with Crippen LogP contribution in [0.4, 0.5) is 0 Å². The number of nitrogens with one attached hydrogen (secondary N) is 1. The summed E-state index contributed by atoms with van der Waals surface area (Å²) in [5.41, 5.74) is 0.376. The molecular weight excluding hydrogens is 236 g/mol. The quantitative estimate of drug-likeness (QED) is 0.792. The van der Waals surface area contributed by atoms with E-state index in [2.05, 4.69) is 24.1 Å². The summed E-state index contributed by atoms with van der Waals surface area (Å²) in [6.07, 6.45) is 4.88. The number of pyridine rings is 1. The predicted molar refractivity (Wildman–Crippen MR) is 70.3 cm³/mol. The van der Waals surface area contributed by atoms with E-state index in [-0.39, 0.29) is 5.91 Å². The van der Waals surface area contributed by atoms with Crippen molar-refractivity contribution in [3.63, 3.8) is 0 Å². The smallest absolute Gasteiger partial charge is 0.269 e. The van der Waals surface area contributed by atoms with Gasteiger partial charge in [-0.25, -0.2) is 0 Å². The fourth-order valence-electron chi connectivity index (χ4n) is 1.50. The zero-order valence-corrected chi connectivity index (χ0v) is 11.1. The van der Waals surface area contributed by atoms with Crippen LogP contribution in [-0.2, 0) is 0 Å². The molecule has 0 aliphatic rings. The summed E-state index contributed by atoms with van der Waals surface area (Å²) < 4.78 is 0. The van der Waals surface area contributed by atoms with Gasteiger partial charge >= 0.3 is 0 Å². The number of unbranched alkanes of at least 4 members (excludes halogenated alkanes) is 1.